The predicted octanol–water partition coefficient (Wildman–Crippen LogP) is 3.99. The highest BCUT2D eigenvalue weighted by Crippen LogP contribution is 2.29. The molecule has 0 unspecified atom stereocenters. The number of hydrogen-bond acceptors (Lipinski definition) is 4. The highest BCUT2D eigenvalue weighted by Gasteiger charge is 2.23. The van der Waals surface area contributed by atoms with Crippen LogP contribution in [0.15, 0.2) is 88.5 Å². The molecule has 3 aromatic carbocycles. The Hall–Kier alpha value is -4.86. The van der Waals surface area contributed by atoms with E-state index in [-0.39, 0.29) is 11.4 Å². The first-order chi connectivity index (χ1) is 18.9. The fourth-order valence-electron chi connectivity index (χ4n) is 4.27. The minimum Gasteiger partial charge on any atom is -0.343 e. The molecule has 40 heavy (non-hydrogen) atoms. The molecular formula is C30H28F2N4O4. The van der Waals surface area contributed by atoms with Crippen molar-refractivity contribution in [1.29, 1.82) is 0 Å². The third kappa shape index (κ3) is 6.40. The van der Waals surface area contributed by atoms with Crippen molar-refractivity contribution in [2.24, 2.45) is 0 Å². The summed E-state index contributed by atoms with van der Waals surface area (Å²) in [5, 5.41) is 5.07. The van der Waals surface area contributed by atoms with Gasteiger partial charge in [-0.25, -0.2) is 18.1 Å². The number of nitrogens with one attached hydrogen (secondary N) is 2. The Labute approximate surface area is 228 Å². The lowest BCUT2D eigenvalue weighted by molar-refractivity contribution is -0.115. The molecular weight excluding hydrogens is 518 g/mol. The van der Waals surface area contributed by atoms with E-state index in [9.17, 15) is 28.0 Å². The second-order valence-electron chi connectivity index (χ2n) is 10.2. The molecule has 0 aliphatic heterocycles. The predicted molar refractivity (Wildman–Crippen MR) is 148 cm³/mol. The number of hydrogen-bond donors (Lipinski definition) is 2. The lowest BCUT2D eigenvalue weighted by Crippen LogP contribution is -2.42. The van der Waals surface area contributed by atoms with Crippen molar-refractivity contribution in [3.8, 4) is 5.69 Å². The fourth-order valence-corrected chi connectivity index (χ4v) is 4.27. The van der Waals surface area contributed by atoms with Gasteiger partial charge in [0.05, 0.1) is 18.8 Å². The number of benzene rings is 3. The number of para-hydroxylation sites is 1. The van der Waals surface area contributed by atoms with E-state index in [0.717, 1.165) is 28.3 Å². The first-order valence-electron chi connectivity index (χ1n) is 12.5. The molecule has 1 aromatic heterocycles. The minimum absolute atomic E-state index is 0.0766. The molecule has 206 valence electrons. The largest absolute Gasteiger partial charge is 0.343 e. The molecule has 8 nitrogen and oxygen atoms in total. The van der Waals surface area contributed by atoms with Crippen LogP contribution < -0.4 is 21.9 Å². The maximum atomic E-state index is 13.8. The lowest BCUT2D eigenvalue weighted by atomic mass is 9.85. The number of amides is 2. The number of rotatable bonds is 7. The van der Waals surface area contributed by atoms with E-state index in [0.29, 0.717) is 17.3 Å². The fraction of sp³-hybridized carbons (Fsp3) is 0.200. The van der Waals surface area contributed by atoms with Crippen molar-refractivity contribution < 1.29 is 18.4 Å². The van der Waals surface area contributed by atoms with Crippen molar-refractivity contribution in [1.82, 2.24) is 14.5 Å². The van der Waals surface area contributed by atoms with E-state index in [1.807, 2.05) is 26.8 Å². The van der Waals surface area contributed by atoms with Gasteiger partial charge in [0.15, 0.2) is 0 Å². The van der Waals surface area contributed by atoms with Gasteiger partial charge in [-0.15, -0.1) is 0 Å². The topological polar surface area (TPSA) is 102 Å². The molecule has 2 amide bonds. The van der Waals surface area contributed by atoms with Crippen molar-refractivity contribution >= 4 is 17.6 Å². The van der Waals surface area contributed by atoms with Gasteiger partial charge >= 0.3 is 5.69 Å². The van der Waals surface area contributed by atoms with Crippen LogP contribution in [0.4, 0.5) is 14.6 Å². The first kappa shape index (κ1) is 28.2. The number of halogens is 2. The van der Waals surface area contributed by atoms with Gasteiger partial charge in [0, 0.05) is 17.7 Å². The van der Waals surface area contributed by atoms with Crippen LogP contribution in [0.5, 0.6) is 0 Å². The Balaban J connectivity index is 1.76. The highest BCUT2D eigenvalue weighted by molar-refractivity contribution is 5.99. The van der Waals surface area contributed by atoms with Crippen LogP contribution in [0.2, 0.25) is 0 Å². The maximum absolute atomic E-state index is 13.8. The van der Waals surface area contributed by atoms with Crippen LogP contribution >= 0.6 is 0 Å². The standard InChI is InChI=1S/C30H28F2N4O4/c1-30(2,3)23-11-7-8-12-24(23)36-25(34-26(37)17-33-28(39)20-9-5-4-6-10-20)16-27(38)35(29(36)40)18-19-13-21(31)15-22(32)14-19/h4-16H,17-18H2,1-3H3,(H,33,39)(H,34,37). The van der Waals surface area contributed by atoms with E-state index in [2.05, 4.69) is 10.6 Å². The van der Waals surface area contributed by atoms with E-state index in [4.69, 9.17) is 0 Å². The molecule has 0 radical (unpaired) electrons. The molecule has 0 aliphatic rings. The summed E-state index contributed by atoms with van der Waals surface area (Å²) < 4.78 is 29.6. The molecule has 0 atom stereocenters. The Morgan fingerprint density at radius 1 is 0.850 bits per heavy atom. The second-order valence-corrected chi connectivity index (χ2v) is 10.2. The van der Waals surface area contributed by atoms with Gasteiger partial charge in [-0.2, -0.15) is 0 Å². The van der Waals surface area contributed by atoms with E-state index in [1.54, 1.807) is 48.5 Å². The average molecular weight is 547 g/mol. The summed E-state index contributed by atoms with van der Waals surface area (Å²) in [6.07, 6.45) is 0. The first-order valence-corrected chi connectivity index (χ1v) is 12.5. The minimum atomic E-state index is -0.845. The third-order valence-electron chi connectivity index (χ3n) is 6.12. The SMILES string of the molecule is CC(C)(C)c1ccccc1-n1c(NC(=O)CNC(=O)c2ccccc2)cc(=O)n(Cc2cc(F)cc(F)c2)c1=O. The van der Waals surface area contributed by atoms with Crippen LogP contribution in [0.1, 0.15) is 42.3 Å². The normalized spacial score (nSPS) is 11.2. The molecule has 1 heterocycles. The van der Waals surface area contributed by atoms with Gasteiger partial charge < -0.3 is 10.6 Å². The highest BCUT2D eigenvalue weighted by atomic mass is 19.1. The lowest BCUT2D eigenvalue weighted by Gasteiger charge is -2.25. The molecule has 2 N–H and O–H groups in total. The van der Waals surface area contributed by atoms with Crippen molar-refractivity contribution in [3.63, 3.8) is 0 Å². The second kappa shape index (κ2) is 11.5. The van der Waals surface area contributed by atoms with Crippen LogP contribution in [0, 0.1) is 11.6 Å². The van der Waals surface area contributed by atoms with Gasteiger partial charge in [-0.05, 0) is 46.9 Å². The summed E-state index contributed by atoms with van der Waals surface area (Å²) >= 11 is 0. The molecule has 0 saturated heterocycles. The zero-order valence-electron chi connectivity index (χ0n) is 22.2. The Morgan fingerprint density at radius 2 is 1.48 bits per heavy atom. The summed E-state index contributed by atoms with van der Waals surface area (Å²) in [4.78, 5) is 52.1. The van der Waals surface area contributed by atoms with Crippen molar-refractivity contribution in [3.05, 3.63) is 128 Å². The van der Waals surface area contributed by atoms with Crippen LogP contribution in [-0.4, -0.2) is 27.5 Å². The molecule has 10 heteroatoms. The van der Waals surface area contributed by atoms with Gasteiger partial charge in [-0.1, -0.05) is 57.2 Å². The number of nitrogens with zero attached hydrogens (tertiary/aromatic N) is 2. The Morgan fingerprint density at radius 3 is 2.12 bits per heavy atom. The number of anilines is 1. The Kier molecular flexibility index (Phi) is 8.08. The Bertz CT molecular complexity index is 1670. The summed E-state index contributed by atoms with van der Waals surface area (Å²) in [5.41, 5.74) is -0.460. The van der Waals surface area contributed by atoms with E-state index >= 15 is 0 Å². The molecule has 4 aromatic rings. The van der Waals surface area contributed by atoms with Gasteiger partial charge in [-0.3, -0.25) is 19.0 Å². The number of aromatic nitrogens is 2. The quantitative estimate of drug-likeness (QED) is 0.366. The van der Waals surface area contributed by atoms with Gasteiger partial charge in [0.2, 0.25) is 5.91 Å². The monoisotopic (exact) mass is 546 g/mol. The summed E-state index contributed by atoms with van der Waals surface area (Å²) in [6.45, 7) is 5.01. The van der Waals surface area contributed by atoms with E-state index < -0.39 is 53.2 Å². The van der Waals surface area contributed by atoms with Gasteiger partial charge in [0.1, 0.15) is 17.5 Å². The number of carbonyl (C=O) groups excluding carboxylic acids is 2. The van der Waals surface area contributed by atoms with Gasteiger partial charge in [0.25, 0.3) is 11.5 Å². The summed E-state index contributed by atoms with van der Waals surface area (Å²) in [5.74, 6) is -2.95. The third-order valence-corrected chi connectivity index (χ3v) is 6.12. The van der Waals surface area contributed by atoms with E-state index in [1.165, 1.54) is 4.57 Å². The molecule has 0 bridgehead atoms. The summed E-state index contributed by atoms with van der Waals surface area (Å²) in [6, 6.07) is 19.2. The van der Waals surface area contributed by atoms with Crippen LogP contribution in [0.25, 0.3) is 5.69 Å². The zero-order chi connectivity index (χ0) is 29.0. The molecule has 0 saturated carbocycles. The molecule has 4 rings (SSSR count). The maximum Gasteiger partial charge on any atom is 0.337 e. The smallest absolute Gasteiger partial charge is 0.337 e. The molecule has 0 fully saturated rings. The molecule has 0 spiro atoms. The number of carbonyl (C=O) groups is 2. The summed E-state index contributed by atoms with van der Waals surface area (Å²) in [7, 11) is 0. The average Bonchev–Trinajstić information content (AvgIpc) is 2.89. The van der Waals surface area contributed by atoms with Crippen molar-refractivity contribution in [2.75, 3.05) is 11.9 Å². The van der Waals surface area contributed by atoms with Crippen molar-refractivity contribution in [2.45, 2.75) is 32.7 Å². The van der Waals surface area contributed by atoms with Crippen LogP contribution in [0.3, 0.4) is 0 Å². The van der Waals surface area contributed by atoms with Crippen LogP contribution in [-0.2, 0) is 16.8 Å². The molecule has 0 aliphatic carbocycles. The zero-order valence-corrected chi connectivity index (χ0v) is 22.2.